The van der Waals surface area contributed by atoms with E-state index in [0.29, 0.717) is 5.92 Å². The Hall–Kier alpha value is -1.80. The van der Waals surface area contributed by atoms with Crippen LogP contribution in [0, 0.1) is 0 Å². The molecule has 110 valence electrons. The van der Waals surface area contributed by atoms with Crippen LogP contribution in [-0.2, 0) is 12.8 Å². The average molecular weight is 281 g/mol. The van der Waals surface area contributed by atoms with E-state index < -0.39 is 0 Å². The van der Waals surface area contributed by atoms with Gasteiger partial charge < -0.3 is 10.5 Å². The van der Waals surface area contributed by atoms with E-state index in [2.05, 4.69) is 48.5 Å². The highest BCUT2D eigenvalue weighted by atomic mass is 16.5. The van der Waals surface area contributed by atoms with Gasteiger partial charge in [-0.05, 0) is 60.4 Å². The first kappa shape index (κ1) is 14.2. The minimum atomic E-state index is 0.276. The summed E-state index contributed by atoms with van der Waals surface area (Å²) in [6, 6.07) is 17.5. The fourth-order valence-corrected chi connectivity index (χ4v) is 3.33. The second-order valence-electron chi connectivity index (χ2n) is 5.99. The lowest BCUT2D eigenvalue weighted by atomic mass is 9.87. The van der Waals surface area contributed by atoms with Crippen molar-refractivity contribution in [2.45, 2.75) is 37.6 Å². The molecule has 0 aliphatic heterocycles. The Morgan fingerprint density at radius 3 is 2.67 bits per heavy atom. The monoisotopic (exact) mass is 281 g/mol. The molecule has 2 unspecified atom stereocenters. The lowest BCUT2D eigenvalue weighted by Gasteiger charge is -2.18. The zero-order valence-corrected chi connectivity index (χ0v) is 12.6. The lowest BCUT2D eigenvalue weighted by molar-refractivity contribution is 0.413. The third-order valence-electron chi connectivity index (χ3n) is 4.49. The van der Waals surface area contributed by atoms with Crippen molar-refractivity contribution in [2.75, 3.05) is 7.11 Å². The molecule has 0 heterocycles. The van der Waals surface area contributed by atoms with Crippen molar-refractivity contribution in [1.29, 1.82) is 0 Å². The molecular weight excluding hydrogens is 258 g/mol. The molecule has 1 aliphatic rings. The van der Waals surface area contributed by atoms with E-state index >= 15 is 0 Å². The number of hydrogen-bond acceptors (Lipinski definition) is 2. The average Bonchev–Trinajstić information content (AvgIpc) is 2.67. The number of rotatable bonds is 3. The Labute approximate surface area is 126 Å². The van der Waals surface area contributed by atoms with Crippen LogP contribution < -0.4 is 10.5 Å². The summed E-state index contributed by atoms with van der Waals surface area (Å²) in [6.07, 6.45) is 4.29. The van der Waals surface area contributed by atoms with Gasteiger partial charge in [-0.15, -0.1) is 0 Å². The predicted octanol–water partition coefficient (Wildman–Crippen LogP) is 3.69. The van der Waals surface area contributed by atoms with E-state index in [4.69, 9.17) is 10.5 Å². The Balaban J connectivity index is 1.93. The van der Waals surface area contributed by atoms with Gasteiger partial charge in [-0.25, -0.2) is 0 Å². The molecule has 0 saturated carbocycles. The normalized spacial score (nSPS) is 21.4. The van der Waals surface area contributed by atoms with Crippen LogP contribution in [0.3, 0.4) is 0 Å². The third kappa shape index (κ3) is 3.27. The van der Waals surface area contributed by atoms with Crippen LogP contribution in [0.5, 0.6) is 5.75 Å². The topological polar surface area (TPSA) is 35.2 Å². The van der Waals surface area contributed by atoms with Gasteiger partial charge in [-0.2, -0.15) is 0 Å². The van der Waals surface area contributed by atoms with Crippen molar-refractivity contribution < 1.29 is 4.74 Å². The van der Waals surface area contributed by atoms with E-state index in [9.17, 15) is 0 Å². The van der Waals surface area contributed by atoms with Gasteiger partial charge >= 0.3 is 0 Å². The second kappa shape index (κ2) is 6.31. The highest BCUT2D eigenvalue weighted by Gasteiger charge is 2.22. The van der Waals surface area contributed by atoms with Crippen LogP contribution in [0.4, 0.5) is 0 Å². The van der Waals surface area contributed by atoms with Crippen molar-refractivity contribution in [3.05, 3.63) is 65.2 Å². The summed E-state index contributed by atoms with van der Waals surface area (Å²) in [6.45, 7) is 0. The molecule has 21 heavy (non-hydrogen) atoms. The molecule has 2 heteroatoms. The van der Waals surface area contributed by atoms with Crippen molar-refractivity contribution in [3.63, 3.8) is 0 Å². The fourth-order valence-electron chi connectivity index (χ4n) is 3.33. The largest absolute Gasteiger partial charge is 0.497 e. The zero-order valence-electron chi connectivity index (χ0n) is 12.6. The SMILES string of the molecule is COc1ccc2c(c1)C(Cc1ccccc1)CCC(N)C2. The van der Waals surface area contributed by atoms with Gasteiger partial charge in [0.1, 0.15) is 5.75 Å². The molecule has 2 atom stereocenters. The van der Waals surface area contributed by atoms with Crippen LogP contribution in [0.15, 0.2) is 48.5 Å². The number of methoxy groups -OCH3 is 1. The summed E-state index contributed by atoms with van der Waals surface area (Å²) in [5, 5.41) is 0. The quantitative estimate of drug-likeness (QED) is 0.871. The van der Waals surface area contributed by atoms with E-state index in [1.807, 2.05) is 0 Å². The molecule has 0 aromatic heterocycles. The molecule has 0 radical (unpaired) electrons. The van der Waals surface area contributed by atoms with Crippen LogP contribution in [0.1, 0.15) is 35.4 Å². The molecule has 0 amide bonds. The van der Waals surface area contributed by atoms with Crippen LogP contribution in [0.2, 0.25) is 0 Å². The molecule has 0 saturated heterocycles. The minimum absolute atomic E-state index is 0.276. The first-order valence-electron chi connectivity index (χ1n) is 7.72. The maximum absolute atomic E-state index is 6.24. The van der Waals surface area contributed by atoms with Gasteiger partial charge in [0.15, 0.2) is 0 Å². The molecule has 2 N–H and O–H groups in total. The molecule has 1 aliphatic carbocycles. The minimum Gasteiger partial charge on any atom is -0.497 e. The Bertz CT molecular complexity index is 594. The van der Waals surface area contributed by atoms with E-state index in [1.54, 1.807) is 7.11 Å². The van der Waals surface area contributed by atoms with Gasteiger partial charge in [0.2, 0.25) is 0 Å². The number of fused-ring (bicyclic) bond motifs is 1. The predicted molar refractivity (Wildman–Crippen MR) is 86.8 cm³/mol. The van der Waals surface area contributed by atoms with E-state index in [1.165, 1.54) is 16.7 Å². The Morgan fingerprint density at radius 2 is 1.90 bits per heavy atom. The van der Waals surface area contributed by atoms with Crippen molar-refractivity contribution in [1.82, 2.24) is 0 Å². The maximum Gasteiger partial charge on any atom is 0.119 e. The molecule has 2 nitrogen and oxygen atoms in total. The molecule has 0 bridgehead atoms. The summed E-state index contributed by atoms with van der Waals surface area (Å²) >= 11 is 0. The van der Waals surface area contributed by atoms with Crippen molar-refractivity contribution in [2.24, 2.45) is 5.73 Å². The fraction of sp³-hybridized carbons (Fsp3) is 0.368. The third-order valence-corrected chi connectivity index (χ3v) is 4.49. The molecule has 2 aromatic carbocycles. The molecule has 0 spiro atoms. The van der Waals surface area contributed by atoms with Crippen LogP contribution in [-0.4, -0.2) is 13.2 Å². The van der Waals surface area contributed by atoms with Gasteiger partial charge in [0, 0.05) is 6.04 Å². The first-order valence-corrected chi connectivity index (χ1v) is 7.72. The first-order chi connectivity index (χ1) is 10.3. The lowest BCUT2D eigenvalue weighted by Crippen LogP contribution is -2.21. The molecule has 0 fully saturated rings. The summed E-state index contributed by atoms with van der Waals surface area (Å²) in [5.74, 6) is 1.48. The number of nitrogens with two attached hydrogens (primary N) is 1. The van der Waals surface area contributed by atoms with Gasteiger partial charge in [-0.3, -0.25) is 0 Å². The summed E-state index contributed by atoms with van der Waals surface area (Å²) in [5.41, 5.74) is 10.5. The molecular formula is C19H23NO. The van der Waals surface area contributed by atoms with Crippen LogP contribution in [0.25, 0.3) is 0 Å². The highest BCUT2D eigenvalue weighted by molar-refractivity contribution is 5.40. The summed E-state index contributed by atoms with van der Waals surface area (Å²) < 4.78 is 5.42. The van der Waals surface area contributed by atoms with Crippen molar-refractivity contribution >= 4 is 0 Å². The maximum atomic E-state index is 6.24. The number of ether oxygens (including phenoxy) is 1. The van der Waals surface area contributed by atoms with Crippen LogP contribution >= 0.6 is 0 Å². The van der Waals surface area contributed by atoms with E-state index in [0.717, 1.165) is 31.4 Å². The molecule has 3 rings (SSSR count). The molecule has 2 aromatic rings. The summed E-state index contributed by atoms with van der Waals surface area (Å²) in [4.78, 5) is 0. The zero-order chi connectivity index (χ0) is 14.7. The number of hydrogen-bond donors (Lipinski definition) is 1. The second-order valence-corrected chi connectivity index (χ2v) is 5.99. The summed E-state index contributed by atoms with van der Waals surface area (Å²) in [7, 11) is 1.73. The highest BCUT2D eigenvalue weighted by Crippen LogP contribution is 2.35. The van der Waals surface area contributed by atoms with Gasteiger partial charge in [-0.1, -0.05) is 36.4 Å². The van der Waals surface area contributed by atoms with Gasteiger partial charge in [0.05, 0.1) is 7.11 Å². The standard InChI is InChI=1S/C19H23NO/c1-21-18-10-8-16-12-17(20)9-7-15(19(16)13-18)11-14-5-3-2-4-6-14/h2-6,8,10,13,15,17H,7,9,11-12,20H2,1H3. The van der Waals surface area contributed by atoms with E-state index in [-0.39, 0.29) is 6.04 Å². The van der Waals surface area contributed by atoms with Gasteiger partial charge in [0.25, 0.3) is 0 Å². The smallest absolute Gasteiger partial charge is 0.119 e. The Kier molecular flexibility index (Phi) is 4.26. The number of benzene rings is 2. The van der Waals surface area contributed by atoms with Crippen molar-refractivity contribution in [3.8, 4) is 5.75 Å². The Morgan fingerprint density at radius 1 is 1.10 bits per heavy atom.